The molecule has 0 fully saturated rings. The van der Waals surface area contributed by atoms with Crippen molar-refractivity contribution in [3.63, 3.8) is 0 Å². The van der Waals surface area contributed by atoms with Crippen LogP contribution in [0.25, 0.3) is 16.9 Å². The van der Waals surface area contributed by atoms with Crippen LogP contribution in [-0.2, 0) is 13.2 Å². The van der Waals surface area contributed by atoms with Gasteiger partial charge in [-0.1, -0.05) is 6.07 Å². The number of benzene rings is 1. The first-order valence-corrected chi connectivity index (χ1v) is 9.88. The number of nitrogens with zero attached hydrogens (tertiary/aromatic N) is 4. The molecular weight excluding hydrogens is 420 g/mol. The van der Waals surface area contributed by atoms with Crippen LogP contribution in [0.2, 0.25) is 0 Å². The number of nitrogens with one attached hydrogen (secondary N) is 1. The minimum atomic E-state index is -1.09. The van der Waals surface area contributed by atoms with Crippen LogP contribution in [0.3, 0.4) is 0 Å². The van der Waals surface area contributed by atoms with Gasteiger partial charge in [0, 0.05) is 24.5 Å². The van der Waals surface area contributed by atoms with Crippen LogP contribution in [0.15, 0.2) is 42.9 Å². The molecule has 0 unspecified atom stereocenters. The van der Waals surface area contributed by atoms with Crippen molar-refractivity contribution in [3.05, 3.63) is 71.3 Å². The number of hydrogen-bond acceptors (Lipinski definition) is 4. The largest absolute Gasteiger partial charge is 0.485 e. The van der Waals surface area contributed by atoms with E-state index >= 15 is 0 Å². The van der Waals surface area contributed by atoms with Gasteiger partial charge in [-0.3, -0.25) is 9.08 Å². The molecule has 2 N–H and O–H groups in total. The van der Waals surface area contributed by atoms with Crippen LogP contribution in [-0.4, -0.2) is 36.9 Å². The number of halogens is 2. The Hall–Kier alpha value is -3.95. The lowest BCUT2D eigenvalue weighted by Gasteiger charge is -2.11. The van der Waals surface area contributed by atoms with E-state index in [1.807, 2.05) is 24.4 Å². The third-order valence-electron chi connectivity index (χ3n) is 4.95. The quantitative estimate of drug-likeness (QED) is 0.453. The predicted octanol–water partition coefficient (Wildman–Crippen LogP) is 3.94. The summed E-state index contributed by atoms with van der Waals surface area (Å²) in [6.07, 6.45) is 4.28. The number of hydrogen-bond donors (Lipinski definition) is 2. The highest BCUT2D eigenvalue weighted by Crippen LogP contribution is 2.30. The van der Waals surface area contributed by atoms with E-state index in [0.29, 0.717) is 17.9 Å². The number of carbonyl (C=O) groups is 1. The zero-order valence-corrected chi connectivity index (χ0v) is 17.5. The van der Waals surface area contributed by atoms with E-state index in [1.165, 1.54) is 18.2 Å². The van der Waals surface area contributed by atoms with E-state index in [0.717, 1.165) is 22.5 Å². The topological polar surface area (TPSA) is 93.7 Å². The van der Waals surface area contributed by atoms with Gasteiger partial charge in [0.25, 0.3) is 0 Å². The van der Waals surface area contributed by atoms with Crippen LogP contribution in [0.1, 0.15) is 16.8 Å². The molecule has 0 saturated carbocycles. The molecule has 3 heterocycles. The summed E-state index contributed by atoms with van der Waals surface area (Å²) in [4.78, 5) is 15.2. The van der Waals surface area contributed by atoms with Gasteiger partial charge in [-0.15, -0.1) is 0 Å². The normalized spacial score (nSPS) is 11.1. The summed E-state index contributed by atoms with van der Waals surface area (Å²) in [6.45, 7) is 4.07. The maximum Gasteiger partial charge on any atom is 0.404 e. The maximum absolute atomic E-state index is 14.0. The molecule has 1 amide bonds. The number of amides is 1. The fourth-order valence-corrected chi connectivity index (χ4v) is 3.52. The SMILES string of the molecule is Cc1cc(OCc2c(F)cccc2F)c2nc(C)c(-c3cnn(CCNC(=O)O)c3)n2c1. The molecule has 166 valence electrons. The van der Waals surface area contributed by atoms with Gasteiger partial charge < -0.3 is 15.2 Å². The van der Waals surface area contributed by atoms with Crippen molar-refractivity contribution in [3.8, 4) is 17.0 Å². The van der Waals surface area contributed by atoms with E-state index in [2.05, 4.69) is 15.4 Å². The molecule has 32 heavy (non-hydrogen) atoms. The standard InChI is InChI=1S/C22H21F2N5O3/c1-13-8-19(32-12-16-17(23)4-3-5-18(16)24)21-27-14(2)20(29(21)10-13)15-9-26-28(11-15)7-6-25-22(30)31/h3-5,8-11,25H,6-7,12H2,1-2H3,(H,30,31). The molecule has 8 nitrogen and oxygen atoms in total. The lowest BCUT2D eigenvalue weighted by atomic mass is 10.2. The van der Waals surface area contributed by atoms with Gasteiger partial charge in [0.1, 0.15) is 18.2 Å². The second-order valence-electron chi connectivity index (χ2n) is 7.33. The summed E-state index contributed by atoms with van der Waals surface area (Å²) in [5.41, 5.74) is 3.55. The molecule has 10 heteroatoms. The highest BCUT2D eigenvalue weighted by Gasteiger charge is 2.18. The Morgan fingerprint density at radius 1 is 1.22 bits per heavy atom. The number of fused-ring (bicyclic) bond motifs is 1. The summed E-state index contributed by atoms with van der Waals surface area (Å²) >= 11 is 0. The fourth-order valence-electron chi connectivity index (χ4n) is 3.52. The monoisotopic (exact) mass is 441 g/mol. The summed E-state index contributed by atoms with van der Waals surface area (Å²) in [5, 5.41) is 15.3. The Bertz CT molecular complexity index is 1280. The third kappa shape index (κ3) is 4.25. The van der Waals surface area contributed by atoms with E-state index in [9.17, 15) is 13.6 Å². The molecule has 0 atom stereocenters. The number of rotatable bonds is 7. The zero-order valence-electron chi connectivity index (χ0n) is 17.5. The van der Waals surface area contributed by atoms with Crippen molar-refractivity contribution in [2.45, 2.75) is 27.0 Å². The molecule has 0 aliphatic rings. The molecule has 0 radical (unpaired) electrons. The highest BCUT2D eigenvalue weighted by molar-refractivity contribution is 5.69. The first-order chi connectivity index (χ1) is 15.3. The zero-order chi connectivity index (χ0) is 22.8. The number of pyridine rings is 1. The molecule has 1 aromatic carbocycles. The van der Waals surface area contributed by atoms with Crippen LogP contribution >= 0.6 is 0 Å². The molecular formula is C22H21F2N5O3. The third-order valence-corrected chi connectivity index (χ3v) is 4.95. The average Bonchev–Trinajstić information content (AvgIpc) is 3.30. The van der Waals surface area contributed by atoms with Gasteiger partial charge in [-0.25, -0.2) is 18.6 Å². The van der Waals surface area contributed by atoms with E-state index in [-0.39, 0.29) is 18.7 Å². The Morgan fingerprint density at radius 3 is 2.69 bits per heavy atom. The lowest BCUT2D eigenvalue weighted by Crippen LogP contribution is -2.25. The Balaban J connectivity index is 1.65. The van der Waals surface area contributed by atoms with Crippen LogP contribution in [0.4, 0.5) is 13.6 Å². The molecule has 0 aliphatic carbocycles. The Morgan fingerprint density at radius 2 is 1.97 bits per heavy atom. The van der Waals surface area contributed by atoms with Gasteiger partial charge in [0.2, 0.25) is 0 Å². The van der Waals surface area contributed by atoms with Crippen molar-refractivity contribution in [2.24, 2.45) is 0 Å². The van der Waals surface area contributed by atoms with E-state index in [4.69, 9.17) is 9.84 Å². The van der Waals surface area contributed by atoms with Crippen molar-refractivity contribution >= 4 is 11.7 Å². The van der Waals surface area contributed by atoms with Crippen molar-refractivity contribution in [2.75, 3.05) is 6.54 Å². The first kappa shape index (κ1) is 21.3. The minimum absolute atomic E-state index is 0.146. The molecule has 0 spiro atoms. The van der Waals surface area contributed by atoms with Gasteiger partial charge in [0.05, 0.1) is 29.7 Å². The molecule has 4 aromatic rings. The molecule has 3 aromatic heterocycles. The second kappa shape index (κ2) is 8.66. The van der Waals surface area contributed by atoms with Gasteiger partial charge in [-0.2, -0.15) is 5.10 Å². The van der Waals surface area contributed by atoms with Crippen molar-refractivity contribution < 1.29 is 23.4 Å². The summed E-state index contributed by atoms with van der Waals surface area (Å²) in [5.74, 6) is -0.933. The van der Waals surface area contributed by atoms with Crippen molar-refractivity contribution in [1.29, 1.82) is 0 Å². The number of ether oxygens (including phenoxy) is 1. The van der Waals surface area contributed by atoms with Crippen LogP contribution in [0, 0.1) is 25.5 Å². The molecule has 0 saturated heterocycles. The predicted molar refractivity (Wildman–Crippen MR) is 113 cm³/mol. The van der Waals surface area contributed by atoms with Gasteiger partial charge >= 0.3 is 6.09 Å². The second-order valence-corrected chi connectivity index (χ2v) is 7.33. The molecule has 0 aliphatic heterocycles. The van der Waals surface area contributed by atoms with E-state index in [1.54, 1.807) is 23.1 Å². The van der Waals surface area contributed by atoms with E-state index < -0.39 is 17.7 Å². The number of imidazole rings is 1. The highest BCUT2D eigenvalue weighted by atomic mass is 19.1. The molecule has 0 bridgehead atoms. The number of aryl methyl sites for hydroxylation is 2. The van der Waals surface area contributed by atoms with Crippen LogP contribution < -0.4 is 10.1 Å². The maximum atomic E-state index is 14.0. The summed E-state index contributed by atoms with van der Waals surface area (Å²) < 4.78 is 37.2. The van der Waals surface area contributed by atoms with Crippen LogP contribution in [0.5, 0.6) is 5.75 Å². The Kier molecular flexibility index (Phi) is 5.76. The molecule has 4 rings (SSSR count). The summed E-state index contributed by atoms with van der Waals surface area (Å²) in [7, 11) is 0. The summed E-state index contributed by atoms with van der Waals surface area (Å²) in [6, 6.07) is 5.45. The smallest absolute Gasteiger partial charge is 0.404 e. The van der Waals surface area contributed by atoms with Gasteiger partial charge in [-0.05, 0) is 37.6 Å². The Labute approximate surface area is 182 Å². The lowest BCUT2D eigenvalue weighted by molar-refractivity contribution is 0.194. The minimum Gasteiger partial charge on any atom is -0.485 e. The van der Waals surface area contributed by atoms with Crippen molar-refractivity contribution in [1.82, 2.24) is 24.5 Å². The fraction of sp³-hybridized carbons (Fsp3) is 0.227. The number of aromatic nitrogens is 4. The van der Waals surface area contributed by atoms with Gasteiger partial charge in [0.15, 0.2) is 11.4 Å². The first-order valence-electron chi connectivity index (χ1n) is 9.88. The average molecular weight is 441 g/mol. The number of carboxylic acid groups (broad SMARTS) is 1.